The van der Waals surface area contributed by atoms with E-state index in [0.29, 0.717) is 12.8 Å². The van der Waals surface area contributed by atoms with Crippen molar-refractivity contribution >= 4 is 12.2 Å². The highest BCUT2D eigenvalue weighted by Crippen LogP contribution is 2.36. The zero-order chi connectivity index (χ0) is 48.0. The van der Waals surface area contributed by atoms with Gasteiger partial charge in [0.1, 0.15) is 50.5 Å². The first-order valence-electron chi connectivity index (χ1n) is 23.6. The van der Waals surface area contributed by atoms with Crippen LogP contribution in [0.25, 0.3) is 0 Å². The van der Waals surface area contributed by atoms with Crippen molar-refractivity contribution in [2.45, 2.75) is 158 Å². The molecule has 2 amide bonds. The molecule has 13 unspecified atom stereocenters. The van der Waals surface area contributed by atoms with Gasteiger partial charge in [-0.25, -0.2) is 9.59 Å². The van der Waals surface area contributed by atoms with Crippen LogP contribution in [0.3, 0.4) is 0 Å². The largest absolute Gasteiger partial charge is 0.445 e. The Morgan fingerprint density at radius 1 is 0.806 bits per heavy atom. The average molecular weight is 944 g/mol. The lowest BCUT2D eigenvalue weighted by molar-refractivity contribution is -0.287. The number of alkyl carbamates (subject to hydrolysis) is 2. The number of aliphatic hydroxyl groups excluding tert-OH is 5. The van der Waals surface area contributed by atoms with E-state index in [0.717, 1.165) is 43.2 Å². The van der Waals surface area contributed by atoms with Crippen molar-refractivity contribution in [3.63, 3.8) is 0 Å². The van der Waals surface area contributed by atoms with E-state index >= 15 is 0 Å². The summed E-state index contributed by atoms with van der Waals surface area (Å²) in [5, 5.41) is 62.5. The Morgan fingerprint density at radius 2 is 1.48 bits per heavy atom. The molecule has 0 aromatic heterocycles. The smallest absolute Gasteiger partial charge is 0.408 e. The number of allylic oxidation sites excluding steroid dienone is 1. The molecular formula is C49H73N3O15. The average Bonchev–Trinajstić information content (AvgIpc) is 3.65. The second-order valence-corrected chi connectivity index (χ2v) is 17.2. The lowest BCUT2D eigenvalue weighted by Gasteiger charge is -2.47. The van der Waals surface area contributed by atoms with Crippen LogP contribution in [0.15, 0.2) is 85.0 Å². The Hall–Kier alpha value is -4.02. The number of carbonyl (C=O) groups is 2. The SMILES string of the molecule is CCCCCCC=CC(CNC(=O)OCc1ccccc1)OCOC1C(CO)OC(OC2C(O)C(NC(CO)CO)CC(C)C2OC2OC(CC)C=CC2NC(=O)OCc2ccccc2)C1O. The van der Waals surface area contributed by atoms with Gasteiger partial charge in [0.15, 0.2) is 12.6 Å². The van der Waals surface area contributed by atoms with Crippen LogP contribution in [-0.4, -0.2) is 150 Å². The Kier molecular flexibility index (Phi) is 23.4. The first kappa shape index (κ1) is 53.9. The van der Waals surface area contributed by atoms with Gasteiger partial charge in [-0.1, -0.05) is 125 Å². The number of rotatable bonds is 27. The molecule has 13 atom stereocenters. The van der Waals surface area contributed by atoms with Crippen molar-refractivity contribution in [3.05, 3.63) is 96.1 Å². The Labute approximate surface area is 393 Å². The van der Waals surface area contributed by atoms with Gasteiger partial charge in [-0.3, -0.25) is 0 Å². The van der Waals surface area contributed by atoms with Gasteiger partial charge in [-0.15, -0.1) is 0 Å². The minimum absolute atomic E-state index is 0.0430. The molecule has 2 aromatic rings. The number of benzene rings is 2. The summed E-state index contributed by atoms with van der Waals surface area (Å²) >= 11 is 0. The van der Waals surface area contributed by atoms with Gasteiger partial charge >= 0.3 is 12.2 Å². The summed E-state index contributed by atoms with van der Waals surface area (Å²) in [6, 6.07) is 16.3. The molecule has 2 fully saturated rings. The molecule has 0 bridgehead atoms. The van der Waals surface area contributed by atoms with E-state index in [4.69, 9.17) is 37.9 Å². The standard InChI is InChI=1S/C49H73N3O15/c1-4-6-7-8-9-16-21-37(25-50-48(58)60-29-33-17-12-10-13-18-33)62-31-63-44-40(28-55)65-47(42(44)57)67-45-41(56)39(51-35(26-53)27-54)24-32(3)43(45)66-46-38(23-22-36(5-2)64-46)52-49(59)61-30-34-19-14-11-15-20-34/h10-23,32,35-47,51,53-57H,4-9,24-31H2,1-3H3,(H,50,58)(H,52,59). The van der Waals surface area contributed by atoms with Gasteiger partial charge in [0.25, 0.3) is 0 Å². The Morgan fingerprint density at radius 3 is 2.12 bits per heavy atom. The zero-order valence-corrected chi connectivity index (χ0v) is 38.9. The van der Waals surface area contributed by atoms with Crippen LogP contribution in [0.2, 0.25) is 0 Å². The highest BCUT2D eigenvalue weighted by Gasteiger charge is 2.52. The predicted molar refractivity (Wildman–Crippen MR) is 245 cm³/mol. The van der Waals surface area contributed by atoms with Crippen LogP contribution in [0, 0.1) is 5.92 Å². The van der Waals surface area contributed by atoms with Crippen LogP contribution in [-0.2, 0) is 51.1 Å². The number of nitrogens with one attached hydrogen (secondary N) is 3. The zero-order valence-electron chi connectivity index (χ0n) is 38.9. The fraction of sp³-hybridized carbons (Fsp3) is 0.633. The van der Waals surface area contributed by atoms with Crippen LogP contribution in [0.4, 0.5) is 9.59 Å². The van der Waals surface area contributed by atoms with Crippen molar-refractivity contribution < 1.29 is 73.0 Å². The molecule has 1 saturated heterocycles. The molecule has 1 saturated carbocycles. The summed E-state index contributed by atoms with van der Waals surface area (Å²) in [4.78, 5) is 25.6. The molecular weight excluding hydrogens is 871 g/mol. The lowest BCUT2D eigenvalue weighted by Crippen LogP contribution is -2.63. The highest BCUT2D eigenvalue weighted by molar-refractivity contribution is 5.68. The molecule has 2 heterocycles. The number of aliphatic hydroxyl groups is 5. The molecule has 3 aliphatic rings. The van der Waals surface area contributed by atoms with Crippen molar-refractivity contribution in [1.82, 2.24) is 16.0 Å². The maximum Gasteiger partial charge on any atom is 0.408 e. The quantitative estimate of drug-likeness (QED) is 0.0362. The number of hydrogen-bond donors (Lipinski definition) is 8. The van der Waals surface area contributed by atoms with Crippen molar-refractivity contribution in [1.29, 1.82) is 0 Å². The summed E-state index contributed by atoms with van der Waals surface area (Å²) < 4.78 is 48.3. The summed E-state index contributed by atoms with van der Waals surface area (Å²) in [6.07, 6.45) is 1.42. The van der Waals surface area contributed by atoms with E-state index in [1.54, 1.807) is 6.08 Å². The molecule has 5 rings (SSSR count). The van der Waals surface area contributed by atoms with Crippen LogP contribution >= 0.6 is 0 Å². The van der Waals surface area contributed by atoms with Crippen molar-refractivity contribution in [2.24, 2.45) is 5.92 Å². The van der Waals surface area contributed by atoms with E-state index in [1.807, 2.05) is 92.7 Å². The topological polar surface area (TPSA) is 245 Å². The van der Waals surface area contributed by atoms with E-state index < -0.39 is 105 Å². The number of amides is 2. The van der Waals surface area contributed by atoms with E-state index in [-0.39, 0.29) is 38.6 Å². The molecule has 67 heavy (non-hydrogen) atoms. The summed E-state index contributed by atoms with van der Waals surface area (Å²) in [5.74, 6) is -0.377. The maximum absolute atomic E-state index is 13.0. The second-order valence-electron chi connectivity index (χ2n) is 17.2. The number of carbonyl (C=O) groups excluding carboxylic acids is 2. The van der Waals surface area contributed by atoms with Gasteiger partial charge < -0.3 is 79.4 Å². The summed E-state index contributed by atoms with van der Waals surface area (Å²) in [6.45, 7) is 4.44. The minimum Gasteiger partial charge on any atom is -0.445 e. The molecule has 2 aliphatic heterocycles. The summed E-state index contributed by atoms with van der Waals surface area (Å²) in [5.41, 5.74) is 1.65. The normalized spacial score (nSPS) is 29.0. The van der Waals surface area contributed by atoms with Gasteiger partial charge in [-0.05, 0) is 42.7 Å². The van der Waals surface area contributed by atoms with Gasteiger partial charge in [0.05, 0.1) is 56.8 Å². The van der Waals surface area contributed by atoms with Crippen LogP contribution in [0.1, 0.15) is 76.8 Å². The number of ether oxygens (including phenoxy) is 8. The highest BCUT2D eigenvalue weighted by atomic mass is 16.8. The number of unbranched alkanes of at least 4 members (excludes halogenated alkanes) is 4. The third-order valence-electron chi connectivity index (χ3n) is 12.0. The van der Waals surface area contributed by atoms with Crippen LogP contribution < -0.4 is 16.0 Å². The Balaban J connectivity index is 1.26. The van der Waals surface area contributed by atoms with Gasteiger partial charge in [-0.2, -0.15) is 0 Å². The maximum atomic E-state index is 13.0. The molecule has 1 aliphatic carbocycles. The van der Waals surface area contributed by atoms with E-state index in [2.05, 4.69) is 22.9 Å². The molecule has 18 nitrogen and oxygen atoms in total. The molecule has 18 heteroatoms. The lowest BCUT2D eigenvalue weighted by atomic mass is 9.79. The molecule has 0 spiro atoms. The van der Waals surface area contributed by atoms with Crippen molar-refractivity contribution in [3.8, 4) is 0 Å². The fourth-order valence-corrected chi connectivity index (χ4v) is 8.19. The van der Waals surface area contributed by atoms with Gasteiger partial charge in [0.2, 0.25) is 0 Å². The third-order valence-corrected chi connectivity index (χ3v) is 12.0. The third kappa shape index (κ3) is 17.2. The molecule has 2 aromatic carbocycles. The Bertz CT molecular complexity index is 1760. The number of hydrogen-bond acceptors (Lipinski definition) is 16. The molecule has 374 valence electrons. The minimum atomic E-state index is -1.49. The van der Waals surface area contributed by atoms with E-state index in [9.17, 15) is 35.1 Å². The first-order chi connectivity index (χ1) is 32.6. The van der Waals surface area contributed by atoms with Gasteiger partial charge in [0, 0.05) is 6.04 Å². The summed E-state index contributed by atoms with van der Waals surface area (Å²) in [7, 11) is 0. The van der Waals surface area contributed by atoms with Crippen LogP contribution in [0.5, 0.6) is 0 Å². The fourth-order valence-electron chi connectivity index (χ4n) is 8.19. The molecule has 8 N–H and O–H groups in total. The second kappa shape index (κ2) is 29.1. The first-order valence-corrected chi connectivity index (χ1v) is 23.6. The monoisotopic (exact) mass is 944 g/mol. The van der Waals surface area contributed by atoms with Crippen molar-refractivity contribution in [2.75, 3.05) is 33.2 Å². The van der Waals surface area contributed by atoms with E-state index in [1.165, 1.54) is 0 Å². The molecule has 0 radical (unpaired) electrons. The predicted octanol–water partition coefficient (Wildman–Crippen LogP) is 3.71.